The van der Waals surface area contributed by atoms with Crippen molar-refractivity contribution in [3.63, 3.8) is 0 Å². The van der Waals surface area contributed by atoms with E-state index in [-0.39, 0.29) is 23.8 Å². The molecule has 3 rings (SSSR count). The van der Waals surface area contributed by atoms with Gasteiger partial charge in [0.05, 0.1) is 6.61 Å². The Kier molecular flexibility index (Phi) is 6.47. The zero-order valence-electron chi connectivity index (χ0n) is 16.7. The van der Waals surface area contributed by atoms with Gasteiger partial charge in [0, 0.05) is 44.9 Å². The van der Waals surface area contributed by atoms with Crippen LogP contribution in [0.15, 0.2) is 18.2 Å². The second kappa shape index (κ2) is 8.65. The minimum Gasteiger partial charge on any atom is -0.383 e. The summed E-state index contributed by atoms with van der Waals surface area (Å²) in [6, 6.07) is 5.48. The highest BCUT2D eigenvalue weighted by Crippen LogP contribution is 2.26. The molecule has 2 aliphatic rings. The fourth-order valence-electron chi connectivity index (χ4n) is 4.22. The van der Waals surface area contributed by atoms with Crippen LogP contribution in [-0.4, -0.2) is 67.2 Å². The van der Waals surface area contributed by atoms with E-state index in [2.05, 4.69) is 29.6 Å². The maximum atomic E-state index is 13.5. The third-order valence-electron chi connectivity index (χ3n) is 5.75. The quantitative estimate of drug-likeness (QED) is 0.815. The second-order valence-corrected chi connectivity index (χ2v) is 7.81. The van der Waals surface area contributed by atoms with Gasteiger partial charge in [0.2, 0.25) is 5.91 Å². The first-order valence-corrected chi connectivity index (χ1v) is 9.71. The molecule has 27 heavy (non-hydrogen) atoms. The molecule has 2 heterocycles. The number of amides is 1. The predicted molar refractivity (Wildman–Crippen MR) is 103 cm³/mol. The Bertz CT molecular complexity index is 659. The number of carbonyl (C=O) groups excluding carboxylic acids is 1. The van der Waals surface area contributed by atoms with E-state index < -0.39 is 0 Å². The van der Waals surface area contributed by atoms with E-state index in [1.807, 2.05) is 11.0 Å². The van der Waals surface area contributed by atoms with Crippen molar-refractivity contribution in [3.05, 3.63) is 35.1 Å². The Morgan fingerprint density at radius 1 is 1.26 bits per heavy atom. The van der Waals surface area contributed by atoms with Gasteiger partial charge < -0.3 is 9.64 Å². The van der Waals surface area contributed by atoms with Gasteiger partial charge in [-0.05, 0) is 44.4 Å². The summed E-state index contributed by atoms with van der Waals surface area (Å²) in [4.78, 5) is 17.4. The molecular formula is C20H31FN4O2. The van der Waals surface area contributed by atoms with Crippen molar-refractivity contribution >= 4 is 5.91 Å². The molecule has 4 atom stereocenters. The van der Waals surface area contributed by atoms with Crippen LogP contribution in [0.3, 0.4) is 0 Å². The van der Waals surface area contributed by atoms with Gasteiger partial charge in [-0.1, -0.05) is 12.1 Å². The predicted octanol–water partition coefficient (Wildman–Crippen LogP) is 1.61. The number of carbonyl (C=O) groups is 1. The molecular weight excluding hydrogens is 347 g/mol. The van der Waals surface area contributed by atoms with Crippen LogP contribution in [0.5, 0.6) is 0 Å². The molecule has 0 aromatic heterocycles. The molecule has 2 aliphatic heterocycles. The molecule has 1 amide bonds. The summed E-state index contributed by atoms with van der Waals surface area (Å²) in [5, 5.41) is 0. The first kappa shape index (κ1) is 20.2. The number of nitrogens with zero attached hydrogens (tertiary/aromatic N) is 2. The molecule has 0 aliphatic carbocycles. The molecule has 2 saturated heterocycles. The first-order chi connectivity index (χ1) is 12.9. The van der Waals surface area contributed by atoms with Crippen molar-refractivity contribution in [1.82, 2.24) is 20.7 Å². The number of halogens is 1. The topological polar surface area (TPSA) is 56.8 Å². The molecule has 0 radical (unpaired) electrons. The van der Waals surface area contributed by atoms with Crippen molar-refractivity contribution in [2.24, 2.45) is 0 Å². The van der Waals surface area contributed by atoms with Gasteiger partial charge in [0.1, 0.15) is 11.9 Å². The third-order valence-corrected chi connectivity index (χ3v) is 5.75. The van der Waals surface area contributed by atoms with Crippen LogP contribution in [0.1, 0.15) is 37.4 Å². The molecule has 150 valence electrons. The summed E-state index contributed by atoms with van der Waals surface area (Å²) in [6.45, 7) is 9.13. The van der Waals surface area contributed by atoms with Gasteiger partial charge in [0.15, 0.2) is 0 Å². The maximum Gasteiger partial charge on any atom is 0.241 e. The number of piperazine rings is 1. The standard InChI is InChI=1S/C20H31FN4O2/c1-13-9-16(5-6-17(13)21)18-10-19(23-22-18)20(26)24-11-14(2)25(7-8-27-4)15(3)12-24/h5-6,9,14-15,18-19,22-23H,7-8,10-12H2,1-4H3. The Balaban J connectivity index is 1.59. The number of methoxy groups -OCH3 is 1. The highest BCUT2D eigenvalue weighted by Gasteiger charge is 2.37. The van der Waals surface area contributed by atoms with Crippen LogP contribution < -0.4 is 10.9 Å². The molecule has 0 saturated carbocycles. The highest BCUT2D eigenvalue weighted by molar-refractivity contribution is 5.82. The zero-order valence-corrected chi connectivity index (χ0v) is 16.7. The van der Waals surface area contributed by atoms with Crippen molar-refractivity contribution in [2.45, 2.75) is 51.4 Å². The second-order valence-electron chi connectivity index (χ2n) is 7.81. The average molecular weight is 378 g/mol. The molecule has 1 aromatic rings. The summed E-state index contributed by atoms with van der Waals surface area (Å²) in [6.07, 6.45) is 0.663. The number of benzene rings is 1. The number of ether oxygens (including phenoxy) is 1. The number of aryl methyl sites for hydroxylation is 1. The Labute approximate surface area is 161 Å². The van der Waals surface area contributed by atoms with Gasteiger partial charge in [-0.2, -0.15) is 0 Å². The van der Waals surface area contributed by atoms with Crippen molar-refractivity contribution in [2.75, 3.05) is 33.4 Å². The lowest BCUT2D eigenvalue weighted by molar-refractivity contribution is -0.137. The van der Waals surface area contributed by atoms with E-state index in [4.69, 9.17) is 4.74 Å². The zero-order chi connectivity index (χ0) is 19.6. The first-order valence-electron chi connectivity index (χ1n) is 9.71. The van der Waals surface area contributed by atoms with E-state index in [0.717, 1.165) is 25.2 Å². The van der Waals surface area contributed by atoms with Crippen molar-refractivity contribution < 1.29 is 13.9 Å². The lowest BCUT2D eigenvalue weighted by Gasteiger charge is -2.45. The van der Waals surface area contributed by atoms with Gasteiger partial charge in [-0.25, -0.2) is 15.2 Å². The van der Waals surface area contributed by atoms with Crippen LogP contribution in [0, 0.1) is 12.7 Å². The van der Waals surface area contributed by atoms with Crippen LogP contribution in [0.2, 0.25) is 0 Å². The molecule has 2 fully saturated rings. The smallest absolute Gasteiger partial charge is 0.241 e. The van der Waals surface area contributed by atoms with Gasteiger partial charge in [0.25, 0.3) is 0 Å². The van der Waals surface area contributed by atoms with Crippen LogP contribution in [0.25, 0.3) is 0 Å². The van der Waals surface area contributed by atoms with Gasteiger partial charge in [-0.3, -0.25) is 9.69 Å². The average Bonchev–Trinajstić information content (AvgIpc) is 3.12. The Hall–Kier alpha value is -1.54. The maximum absolute atomic E-state index is 13.5. The van der Waals surface area contributed by atoms with Gasteiger partial charge in [-0.15, -0.1) is 0 Å². The van der Waals surface area contributed by atoms with E-state index in [9.17, 15) is 9.18 Å². The fourth-order valence-corrected chi connectivity index (χ4v) is 4.22. The number of hydrogen-bond acceptors (Lipinski definition) is 5. The number of nitrogens with one attached hydrogen (secondary N) is 2. The largest absolute Gasteiger partial charge is 0.383 e. The normalized spacial score (nSPS) is 29.3. The molecule has 1 aromatic carbocycles. The summed E-state index contributed by atoms with van der Waals surface area (Å²) >= 11 is 0. The summed E-state index contributed by atoms with van der Waals surface area (Å²) < 4.78 is 18.7. The van der Waals surface area contributed by atoms with E-state index >= 15 is 0 Å². The third kappa shape index (κ3) is 4.48. The lowest BCUT2D eigenvalue weighted by atomic mass is 9.99. The summed E-state index contributed by atoms with van der Waals surface area (Å²) in [5.74, 6) is -0.0689. The lowest BCUT2D eigenvalue weighted by Crippen LogP contribution is -2.60. The van der Waals surface area contributed by atoms with Crippen molar-refractivity contribution in [3.8, 4) is 0 Å². The van der Waals surface area contributed by atoms with E-state index in [0.29, 0.717) is 30.7 Å². The minimum atomic E-state index is -0.259. The summed E-state index contributed by atoms with van der Waals surface area (Å²) in [5.41, 5.74) is 7.97. The number of hydrazine groups is 1. The van der Waals surface area contributed by atoms with Crippen LogP contribution in [0.4, 0.5) is 4.39 Å². The van der Waals surface area contributed by atoms with Gasteiger partial charge >= 0.3 is 0 Å². The summed E-state index contributed by atoms with van der Waals surface area (Å²) in [7, 11) is 1.72. The molecule has 0 bridgehead atoms. The monoisotopic (exact) mass is 378 g/mol. The fraction of sp³-hybridized carbons (Fsp3) is 0.650. The van der Waals surface area contributed by atoms with E-state index in [1.54, 1.807) is 20.1 Å². The number of rotatable bonds is 5. The Morgan fingerprint density at radius 2 is 1.96 bits per heavy atom. The molecule has 7 heteroatoms. The Morgan fingerprint density at radius 3 is 2.59 bits per heavy atom. The highest BCUT2D eigenvalue weighted by atomic mass is 19.1. The van der Waals surface area contributed by atoms with Crippen LogP contribution >= 0.6 is 0 Å². The molecule has 0 spiro atoms. The minimum absolute atomic E-state index is 0.0103. The SMILES string of the molecule is COCCN1C(C)CN(C(=O)C2CC(c3ccc(F)c(C)c3)NN2)CC1C. The van der Waals surface area contributed by atoms with E-state index in [1.165, 1.54) is 6.07 Å². The van der Waals surface area contributed by atoms with Crippen LogP contribution in [-0.2, 0) is 9.53 Å². The molecule has 2 N–H and O–H groups in total. The molecule has 4 unspecified atom stereocenters. The number of hydrogen-bond donors (Lipinski definition) is 2. The molecule has 6 nitrogen and oxygen atoms in total. The van der Waals surface area contributed by atoms with Crippen molar-refractivity contribution in [1.29, 1.82) is 0 Å².